The molecule has 132 valence electrons. The Bertz CT molecular complexity index is 704. The zero-order valence-corrected chi connectivity index (χ0v) is 14.4. The Kier molecular flexibility index (Phi) is 5.61. The van der Waals surface area contributed by atoms with E-state index in [0.29, 0.717) is 12.8 Å². The van der Waals surface area contributed by atoms with E-state index in [0.717, 1.165) is 25.7 Å². The van der Waals surface area contributed by atoms with Gasteiger partial charge >= 0.3 is 5.97 Å². The number of amides is 1. The lowest BCUT2D eigenvalue weighted by Crippen LogP contribution is -2.54. The Hall–Kier alpha value is -1.93. The topological polar surface area (TPSA) is 113 Å². The van der Waals surface area contributed by atoms with E-state index in [1.807, 2.05) is 0 Å². The molecule has 2 rings (SSSR count). The summed E-state index contributed by atoms with van der Waals surface area (Å²) in [4.78, 5) is 24.2. The van der Waals surface area contributed by atoms with Gasteiger partial charge in [0.15, 0.2) is 0 Å². The number of carboxylic acids is 1. The molecular formula is C16H22N2O5S. The second-order valence-corrected chi connectivity index (χ2v) is 7.87. The molecule has 1 aliphatic rings. The third kappa shape index (κ3) is 3.93. The first-order chi connectivity index (χ1) is 11.3. The molecule has 0 radical (unpaired) electrons. The molecule has 3 N–H and O–H groups in total. The van der Waals surface area contributed by atoms with E-state index in [1.54, 1.807) is 0 Å². The minimum atomic E-state index is -3.57. The highest BCUT2D eigenvalue weighted by Gasteiger charge is 2.40. The Balaban J connectivity index is 2.20. The first-order valence-corrected chi connectivity index (χ1v) is 9.39. The standard InChI is InChI=1S/C16H22N2O5S/c1-17-24(22,23)13-8-6-12(7-9-13)14(19)18-16(15(20)21)10-4-2-3-5-11-16/h6-9,17H,2-5,10-11H2,1H3,(H,18,19)(H,20,21). The summed E-state index contributed by atoms with van der Waals surface area (Å²) in [5, 5.41) is 12.2. The monoisotopic (exact) mass is 354 g/mol. The van der Waals surface area contributed by atoms with Crippen LogP contribution in [0, 0.1) is 0 Å². The molecule has 24 heavy (non-hydrogen) atoms. The predicted molar refractivity (Wildman–Crippen MR) is 88.2 cm³/mol. The zero-order valence-electron chi connectivity index (χ0n) is 13.5. The quantitative estimate of drug-likeness (QED) is 0.694. The number of rotatable bonds is 5. The number of carbonyl (C=O) groups is 2. The molecule has 1 saturated carbocycles. The summed E-state index contributed by atoms with van der Waals surface area (Å²) < 4.78 is 25.6. The minimum Gasteiger partial charge on any atom is -0.480 e. The van der Waals surface area contributed by atoms with E-state index >= 15 is 0 Å². The van der Waals surface area contributed by atoms with Gasteiger partial charge in [-0.15, -0.1) is 0 Å². The van der Waals surface area contributed by atoms with Gasteiger partial charge in [-0.1, -0.05) is 25.7 Å². The molecule has 1 aromatic carbocycles. The number of hydrogen-bond donors (Lipinski definition) is 3. The number of carboxylic acid groups (broad SMARTS) is 1. The van der Waals surface area contributed by atoms with Gasteiger partial charge in [-0.05, 0) is 44.2 Å². The molecule has 1 fully saturated rings. The molecule has 1 aromatic rings. The molecule has 0 spiro atoms. The molecule has 1 amide bonds. The fourth-order valence-corrected chi connectivity index (χ4v) is 3.65. The van der Waals surface area contributed by atoms with Crippen molar-refractivity contribution in [1.29, 1.82) is 0 Å². The van der Waals surface area contributed by atoms with Crippen LogP contribution in [0.1, 0.15) is 48.9 Å². The van der Waals surface area contributed by atoms with Gasteiger partial charge in [0.2, 0.25) is 10.0 Å². The van der Waals surface area contributed by atoms with E-state index < -0.39 is 27.4 Å². The number of aliphatic carboxylic acids is 1. The predicted octanol–water partition coefficient (Wildman–Crippen LogP) is 1.50. The lowest BCUT2D eigenvalue weighted by molar-refractivity contribution is -0.145. The summed E-state index contributed by atoms with van der Waals surface area (Å²) in [5.74, 6) is -1.53. The molecule has 0 atom stereocenters. The molecular weight excluding hydrogens is 332 g/mol. The molecule has 0 bridgehead atoms. The first kappa shape index (κ1) is 18.4. The van der Waals surface area contributed by atoms with Gasteiger partial charge in [0.25, 0.3) is 5.91 Å². The van der Waals surface area contributed by atoms with Gasteiger partial charge in [0, 0.05) is 5.56 Å². The maximum absolute atomic E-state index is 12.4. The SMILES string of the molecule is CNS(=O)(=O)c1ccc(C(=O)NC2(C(=O)O)CCCCCC2)cc1. The van der Waals surface area contributed by atoms with Crippen molar-refractivity contribution in [2.75, 3.05) is 7.05 Å². The average Bonchev–Trinajstić information content (AvgIpc) is 2.81. The number of sulfonamides is 1. The van der Waals surface area contributed by atoms with Crippen molar-refractivity contribution >= 4 is 21.9 Å². The van der Waals surface area contributed by atoms with Crippen molar-refractivity contribution in [3.63, 3.8) is 0 Å². The van der Waals surface area contributed by atoms with Crippen molar-refractivity contribution in [3.8, 4) is 0 Å². The maximum atomic E-state index is 12.4. The highest BCUT2D eigenvalue weighted by molar-refractivity contribution is 7.89. The van der Waals surface area contributed by atoms with Crippen molar-refractivity contribution in [3.05, 3.63) is 29.8 Å². The number of carbonyl (C=O) groups excluding carboxylic acids is 1. The van der Waals surface area contributed by atoms with Crippen LogP contribution in [-0.4, -0.2) is 38.0 Å². The van der Waals surface area contributed by atoms with E-state index in [9.17, 15) is 23.1 Å². The van der Waals surface area contributed by atoms with E-state index in [-0.39, 0.29) is 10.5 Å². The Morgan fingerprint density at radius 1 is 1.04 bits per heavy atom. The van der Waals surface area contributed by atoms with Crippen LogP contribution in [0.25, 0.3) is 0 Å². The molecule has 1 aliphatic carbocycles. The van der Waals surface area contributed by atoms with Crippen LogP contribution in [0.2, 0.25) is 0 Å². The van der Waals surface area contributed by atoms with E-state index in [2.05, 4.69) is 10.0 Å². The second-order valence-electron chi connectivity index (χ2n) is 5.99. The van der Waals surface area contributed by atoms with Crippen LogP contribution >= 0.6 is 0 Å². The Morgan fingerprint density at radius 2 is 1.58 bits per heavy atom. The maximum Gasteiger partial charge on any atom is 0.329 e. The van der Waals surface area contributed by atoms with Crippen LogP contribution in [-0.2, 0) is 14.8 Å². The summed E-state index contributed by atoms with van der Waals surface area (Å²) in [6.45, 7) is 0. The molecule has 0 unspecified atom stereocenters. The minimum absolute atomic E-state index is 0.0453. The number of benzene rings is 1. The largest absolute Gasteiger partial charge is 0.480 e. The van der Waals surface area contributed by atoms with Gasteiger partial charge in [0.1, 0.15) is 5.54 Å². The van der Waals surface area contributed by atoms with Gasteiger partial charge in [-0.3, -0.25) is 4.79 Å². The molecule has 7 nitrogen and oxygen atoms in total. The van der Waals surface area contributed by atoms with Gasteiger partial charge in [-0.2, -0.15) is 0 Å². The molecule has 0 heterocycles. The summed E-state index contributed by atoms with van der Waals surface area (Å²) in [6, 6.07) is 5.40. The van der Waals surface area contributed by atoms with Crippen molar-refractivity contribution in [2.24, 2.45) is 0 Å². The zero-order chi connectivity index (χ0) is 17.8. The van der Waals surface area contributed by atoms with Crippen molar-refractivity contribution in [2.45, 2.75) is 49.0 Å². The fraction of sp³-hybridized carbons (Fsp3) is 0.500. The highest BCUT2D eigenvalue weighted by Crippen LogP contribution is 2.28. The van der Waals surface area contributed by atoms with Gasteiger partial charge < -0.3 is 10.4 Å². The summed E-state index contributed by atoms with van der Waals surface area (Å²) in [6.07, 6.45) is 4.24. The van der Waals surface area contributed by atoms with Crippen LogP contribution in [0.3, 0.4) is 0 Å². The number of hydrogen-bond acceptors (Lipinski definition) is 4. The van der Waals surface area contributed by atoms with Crippen LogP contribution in [0.4, 0.5) is 0 Å². The highest BCUT2D eigenvalue weighted by atomic mass is 32.2. The third-order valence-corrected chi connectivity index (χ3v) is 5.85. The lowest BCUT2D eigenvalue weighted by Gasteiger charge is -2.29. The molecule has 0 saturated heterocycles. The average molecular weight is 354 g/mol. The second kappa shape index (κ2) is 7.31. The van der Waals surface area contributed by atoms with Crippen molar-refractivity contribution in [1.82, 2.24) is 10.0 Å². The summed E-state index contributed by atoms with van der Waals surface area (Å²) >= 11 is 0. The van der Waals surface area contributed by atoms with Crippen molar-refractivity contribution < 1.29 is 23.1 Å². The van der Waals surface area contributed by atoms with Crippen LogP contribution in [0.15, 0.2) is 29.2 Å². The number of nitrogens with one attached hydrogen (secondary N) is 2. The normalized spacial score (nSPS) is 17.7. The third-order valence-electron chi connectivity index (χ3n) is 4.41. The summed E-state index contributed by atoms with van der Waals surface area (Å²) in [7, 11) is -2.27. The van der Waals surface area contributed by atoms with E-state index in [1.165, 1.54) is 31.3 Å². The lowest BCUT2D eigenvalue weighted by atomic mass is 9.90. The van der Waals surface area contributed by atoms with Crippen LogP contribution in [0.5, 0.6) is 0 Å². The fourth-order valence-electron chi connectivity index (χ4n) is 2.92. The Labute approximate surface area is 141 Å². The van der Waals surface area contributed by atoms with Crippen LogP contribution < -0.4 is 10.0 Å². The van der Waals surface area contributed by atoms with E-state index in [4.69, 9.17) is 0 Å². The first-order valence-electron chi connectivity index (χ1n) is 7.90. The van der Waals surface area contributed by atoms with Gasteiger partial charge in [-0.25, -0.2) is 17.9 Å². The Morgan fingerprint density at radius 3 is 2.04 bits per heavy atom. The molecule has 8 heteroatoms. The molecule has 0 aromatic heterocycles. The summed E-state index contributed by atoms with van der Waals surface area (Å²) in [5.41, 5.74) is -1.02. The molecule has 0 aliphatic heterocycles. The smallest absolute Gasteiger partial charge is 0.329 e. The van der Waals surface area contributed by atoms with Gasteiger partial charge in [0.05, 0.1) is 4.90 Å².